The summed E-state index contributed by atoms with van der Waals surface area (Å²) in [6.45, 7) is 1.01. The molecular weight excluding hydrogens is 310 g/mol. The van der Waals surface area contributed by atoms with Crippen LogP contribution in [-0.2, 0) is 10.0 Å². The Kier molecular flexibility index (Phi) is 3.68. The number of amides is 1. The predicted octanol–water partition coefficient (Wildman–Crippen LogP) is 1.05. The van der Waals surface area contributed by atoms with Gasteiger partial charge in [-0.05, 0) is 30.5 Å². The number of sulfonamides is 1. The van der Waals surface area contributed by atoms with Crippen LogP contribution in [0.4, 0.5) is 0 Å². The smallest absolute Gasteiger partial charge is 0.253 e. The molecule has 1 aromatic carbocycles. The van der Waals surface area contributed by atoms with Crippen LogP contribution < -0.4 is 5.14 Å². The zero-order valence-electron chi connectivity index (χ0n) is 11.2. The van der Waals surface area contributed by atoms with Crippen molar-refractivity contribution in [1.29, 1.82) is 0 Å². The number of nitrogens with zero attached hydrogens (tertiary/aromatic N) is 2. The molecule has 2 N–H and O–H groups in total. The highest BCUT2D eigenvalue weighted by atomic mass is 32.2. The monoisotopic (exact) mass is 325 g/mol. The van der Waals surface area contributed by atoms with Gasteiger partial charge >= 0.3 is 0 Å². The van der Waals surface area contributed by atoms with E-state index in [1.807, 2.05) is 12.1 Å². The predicted molar refractivity (Wildman–Crippen MR) is 81.6 cm³/mol. The van der Waals surface area contributed by atoms with Crippen molar-refractivity contribution < 1.29 is 13.2 Å². The molecule has 0 radical (unpaired) electrons. The third kappa shape index (κ3) is 3.22. The molecule has 1 amide bonds. The summed E-state index contributed by atoms with van der Waals surface area (Å²) in [7, 11) is -3.49. The van der Waals surface area contributed by atoms with Crippen molar-refractivity contribution in [3.8, 4) is 0 Å². The second-order valence-electron chi connectivity index (χ2n) is 5.27. The Hall–Kier alpha value is -1.51. The summed E-state index contributed by atoms with van der Waals surface area (Å²) >= 11 is 1.49. The summed E-state index contributed by atoms with van der Waals surface area (Å²) < 4.78 is 23.2. The standard InChI is InChI=1S/C13H15N3O3S2/c14-21(18,19)7-9-3-4-16(6-9)13(17)10-1-2-11-12(5-10)20-8-15-11/h1-2,5,8-9H,3-4,6-7H2,(H2,14,18,19)/t9-/m1/s1. The summed E-state index contributed by atoms with van der Waals surface area (Å²) in [4.78, 5) is 18.3. The molecule has 112 valence electrons. The lowest BCUT2D eigenvalue weighted by molar-refractivity contribution is 0.0788. The van der Waals surface area contributed by atoms with Gasteiger partial charge in [-0.15, -0.1) is 11.3 Å². The van der Waals surface area contributed by atoms with E-state index in [0.717, 1.165) is 10.2 Å². The summed E-state index contributed by atoms with van der Waals surface area (Å²) in [5.41, 5.74) is 3.24. The number of carbonyl (C=O) groups is 1. The third-order valence-corrected chi connectivity index (χ3v) is 5.35. The van der Waals surface area contributed by atoms with Gasteiger partial charge < -0.3 is 4.90 Å². The lowest BCUT2D eigenvalue weighted by Gasteiger charge is -2.16. The van der Waals surface area contributed by atoms with Gasteiger partial charge in [-0.1, -0.05) is 0 Å². The molecule has 0 unspecified atom stereocenters. The summed E-state index contributed by atoms with van der Waals surface area (Å²) in [6.07, 6.45) is 0.672. The lowest BCUT2D eigenvalue weighted by Crippen LogP contribution is -2.30. The van der Waals surface area contributed by atoms with Gasteiger partial charge in [-0.3, -0.25) is 4.79 Å². The molecule has 2 heterocycles. The molecule has 0 aliphatic carbocycles. The maximum Gasteiger partial charge on any atom is 0.253 e. The largest absolute Gasteiger partial charge is 0.338 e. The summed E-state index contributed by atoms with van der Waals surface area (Å²) in [5, 5.41) is 5.06. The molecule has 1 saturated heterocycles. The minimum Gasteiger partial charge on any atom is -0.338 e. The number of likely N-dealkylation sites (tertiary alicyclic amines) is 1. The maximum atomic E-state index is 12.5. The normalized spacial score (nSPS) is 19.3. The minimum absolute atomic E-state index is 0.0648. The molecule has 0 saturated carbocycles. The molecule has 0 bridgehead atoms. The number of fused-ring (bicyclic) bond motifs is 1. The molecule has 2 aromatic rings. The van der Waals surface area contributed by atoms with Crippen molar-refractivity contribution in [1.82, 2.24) is 9.88 Å². The molecule has 1 aliphatic heterocycles. The molecule has 1 aliphatic rings. The number of primary sulfonamides is 1. The Balaban J connectivity index is 1.74. The maximum absolute atomic E-state index is 12.5. The summed E-state index contributed by atoms with van der Waals surface area (Å²) in [5.74, 6) is -0.205. The minimum atomic E-state index is -3.49. The van der Waals surface area contributed by atoms with E-state index >= 15 is 0 Å². The van der Waals surface area contributed by atoms with Gasteiger partial charge in [0.2, 0.25) is 10.0 Å². The number of aromatic nitrogens is 1. The van der Waals surface area contributed by atoms with Crippen molar-refractivity contribution in [2.24, 2.45) is 11.1 Å². The molecule has 3 rings (SSSR count). The topological polar surface area (TPSA) is 93.4 Å². The molecule has 8 heteroatoms. The van der Waals surface area contributed by atoms with Crippen molar-refractivity contribution in [3.05, 3.63) is 29.3 Å². The molecule has 6 nitrogen and oxygen atoms in total. The first-order chi connectivity index (χ1) is 9.92. The molecule has 21 heavy (non-hydrogen) atoms. The van der Waals surface area contributed by atoms with Gasteiger partial charge in [0.25, 0.3) is 5.91 Å². The van der Waals surface area contributed by atoms with E-state index in [9.17, 15) is 13.2 Å². The van der Waals surface area contributed by atoms with Crippen molar-refractivity contribution in [2.75, 3.05) is 18.8 Å². The van der Waals surface area contributed by atoms with Crippen molar-refractivity contribution in [2.45, 2.75) is 6.42 Å². The van der Waals surface area contributed by atoms with Crippen LogP contribution in [-0.4, -0.2) is 43.1 Å². The van der Waals surface area contributed by atoms with E-state index in [-0.39, 0.29) is 17.6 Å². The number of nitrogens with two attached hydrogens (primary N) is 1. The van der Waals surface area contributed by atoms with Crippen molar-refractivity contribution in [3.63, 3.8) is 0 Å². The van der Waals surface area contributed by atoms with Crippen LogP contribution >= 0.6 is 11.3 Å². The number of rotatable bonds is 3. The van der Waals surface area contributed by atoms with Gasteiger partial charge in [0.1, 0.15) is 0 Å². The van der Waals surface area contributed by atoms with E-state index in [1.54, 1.807) is 16.5 Å². The first kappa shape index (κ1) is 14.4. The van der Waals surface area contributed by atoms with Gasteiger partial charge in [-0.2, -0.15) is 0 Å². The van der Waals surface area contributed by atoms with Crippen LogP contribution in [0.25, 0.3) is 10.2 Å². The number of carbonyl (C=O) groups excluding carboxylic acids is 1. The van der Waals surface area contributed by atoms with Gasteiger partial charge in [-0.25, -0.2) is 18.5 Å². The van der Waals surface area contributed by atoms with Crippen LogP contribution in [0.3, 0.4) is 0 Å². The van der Waals surface area contributed by atoms with Gasteiger partial charge in [0, 0.05) is 18.7 Å². The Bertz CT molecular complexity index is 785. The fraction of sp³-hybridized carbons (Fsp3) is 0.385. The zero-order chi connectivity index (χ0) is 15.0. The lowest BCUT2D eigenvalue weighted by atomic mass is 10.1. The first-order valence-electron chi connectivity index (χ1n) is 6.55. The van der Waals surface area contributed by atoms with E-state index in [1.165, 1.54) is 11.3 Å². The van der Waals surface area contributed by atoms with Crippen LogP contribution in [0, 0.1) is 5.92 Å². The highest BCUT2D eigenvalue weighted by Gasteiger charge is 2.29. The fourth-order valence-corrected chi connectivity index (χ4v) is 4.30. The average Bonchev–Trinajstić information content (AvgIpc) is 3.03. The Morgan fingerprint density at radius 1 is 1.48 bits per heavy atom. The van der Waals surface area contributed by atoms with Crippen LogP contribution in [0.5, 0.6) is 0 Å². The summed E-state index contributed by atoms with van der Waals surface area (Å²) in [6, 6.07) is 5.43. The highest BCUT2D eigenvalue weighted by molar-refractivity contribution is 7.89. The number of hydrogen-bond acceptors (Lipinski definition) is 5. The van der Waals surface area contributed by atoms with Crippen molar-refractivity contribution >= 4 is 37.5 Å². The second kappa shape index (κ2) is 5.36. The first-order valence-corrected chi connectivity index (χ1v) is 9.15. The van der Waals surface area contributed by atoms with E-state index in [2.05, 4.69) is 4.98 Å². The average molecular weight is 325 g/mol. The third-order valence-electron chi connectivity index (χ3n) is 3.62. The van der Waals surface area contributed by atoms with E-state index in [0.29, 0.717) is 25.1 Å². The molecule has 1 fully saturated rings. The fourth-order valence-electron chi connectivity index (χ4n) is 2.65. The molecule has 1 aromatic heterocycles. The second-order valence-corrected chi connectivity index (χ2v) is 7.82. The van der Waals surface area contributed by atoms with Crippen LogP contribution in [0.1, 0.15) is 16.8 Å². The Labute approximate surface area is 126 Å². The highest BCUT2D eigenvalue weighted by Crippen LogP contribution is 2.23. The Morgan fingerprint density at radius 2 is 2.29 bits per heavy atom. The quantitative estimate of drug-likeness (QED) is 0.912. The SMILES string of the molecule is NS(=O)(=O)C[C@@H]1CCN(C(=O)c2ccc3ncsc3c2)C1. The van der Waals surface area contributed by atoms with Gasteiger partial charge in [0.05, 0.1) is 21.5 Å². The van der Waals surface area contributed by atoms with Crippen LogP contribution in [0.2, 0.25) is 0 Å². The van der Waals surface area contributed by atoms with E-state index < -0.39 is 10.0 Å². The molecule has 0 spiro atoms. The van der Waals surface area contributed by atoms with Gasteiger partial charge in [0.15, 0.2) is 0 Å². The molecule has 1 atom stereocenters. The van der Waals surface area contributed by atoms with Crippen LogP contribution in [0.15, 0.2) is 23.7 Å². The molecular formula is C13H15N3O3S2. The number of hydrogen-bond donors (Lipinski definition) is 1. The van der Waals surface area contributed by atoms with E-state index in [4.69, 9.17) is 5.14 Å². The Morgan fingerprint density at radius 3 is 3.05 bits per heavy atom. The number of thiazole rings is 1. The number of benzene rings is 1. The zero-order valence-corrected chi connectivity index (χ0v) is 12.9.